The monoisotopic (exact) mass is 445 g/mol. The summed E-state index contributed by atoms with van der Waals surface area (Å²) in [6, 6.07) is 12.9. The summed E-state index contributed by atoms with van der Waals surface area (Å²) in [6.07, 6.45) is 0. The molecule has 33 heavy (non-hydrogen) atoms. The van der Waals surface area contributed by atoms with Crippen LogP contribution in [0, 0.1) is 19.7 Å². The number of phenolic OH excluding ortho intramolecular Hbond substituents is 1. The Morgan fingerprint density at radius 1 is 1.15 bits per heavy atom. The number of hydrogen-bond acceptors (Lipinski definition) is 5. The number of H-pyrrole nitrogens is 1. The van der Waals surface area contributed by atoms with Crippen LogP contribution in [-0.2, 0) is 0 Å². The highest BCUT2D eigenvalue weighted by Gasteiger charge is 2.31. The van der Waals surface area contributed by atoms with Crippen molar-refractivity contribution in [1.29, 1.82) is 0 Å². The number of carbonyl (C=O) groups excluding carboxylic acids is 1. The van der Waals surface area contributed by atoms with Crippen LogP contribution in [0.2, 0.25) is 0 Å². The molecule has 2 aromatic carbocycles. The number of fused-ring (bicyclic) bond motifs is 1. The quantitative estimate of drug-likeness (QED) is 0.445. The lowest BCUT2D eigenvalue weighted by Gasteiger charge is -2.37. The number of pyridine rings is 1. The van der Waals surface area contributed by atoms with Gasteiger partial charge in [-0.15, -0.1) is 0 Å². The molecule has 1 aliphatic heterocycles. The van der Waals surface area contributed by atoms with Crippen molar-refractivity contribution in [2.24, 2.45) is 0 Å². The first-order valence-electron chi connectivity index (χ1n) is 10.8. The lowest BCUT2D eigenvalue weighted by Crippen LogP contribution is -2.48. The fourth-order valence-electron chi connectivity index (χ4n) is 4.51. The molecule has 1 aliphatic rings. The number of carbonyl (C=O) groups is 1. The minimum atomic E-state index is -0.306. The molecular formula is C25H24FN5O2. The molecule has 1 fully saturated rings. The fourth-order valence-corrected chi connectivity index (χ4v) is 4.51. The number of halogens is 1. The number of aromatic hydroxyl groups is 1. The van der Waals surface area contributed by atoms with Crippen molar-refractivity contribution < 1.29 is 14.3 Å². The van der Waals surface area contributed by atoms with Gasteiger partial charge in [-0.2, -0.15) is 5.10 Å². The minimum Gasteiger partial charge on any atom is -0.508 e. The van der Waals surface area contributed by atoms with E-state index in [9.17, 15) is 14.3 Å². The van der Waals surface area contributed by atoms with Crippen LogP contribution in [-0.4, -0.2) is 50.7 Å². The summed E-state index contributed by atoms with van der Waals surface area (Å²) >= 11 is 0. The van der Waals surface area contributed by atoms with Crippen molar-refractivity contribution >= 4 is 16.9 Å². The molecule has 8 heteroatoms. The van der Waals surface area contributed by atoms with Gasteiger partial charge in [0.25, 0.3) is 5.91 Å². The normalized spacial score (nSPS) is 16.3. The molecule has 2 aromatic heterocycles. The second kappa shape index (κ2) is 8.29. The predicted octanol–water partition coefficient (Wildman–Crippen LogP) is 3.87. The second-order valence-electron chi connectivity index (χ2n) is 8.36. The van der Waals surface area contributed by atoms with Gasteiger partial charge < -0.3 is 15.3 Å². The van der Waals surface area contributed by atoms with E-state index in [1.807, 2.05) is 18.7 Å². The summed E-state index contributed by atoms with van der Waals surface area (Å²) in [5, 5.41) is 21.1. The molecule has 3 heterocycles. The lowest BCUT2D eigenvalue weighted by atomic mass is 9.98. The Morgan fingerprint density at radius 3 is 2.70 bits per heavy atom. The maximum Gasteiger partial charge on any atom is 0.255 e. The Morgan fingerprint density at radius 2 is 1.94 bits per heavy atom. The zero-order chi connectivity index (χ0) is 23.1. The zero-order valence-electron chi connectivity index (χ0n) is 18.4. The smallest absolute Gasteiger partial charge is 0.255 e. The van der Waals surface area contributed by atoms with Crippen molar-refractivity contribution in [3.63, 3.8) is 0 Å². The van der Waals surface area contributed by atoms with E-state index < -0.39 is 0 Å². The van der Waals surface area contributed by atoms with Crippen LogP contribution in [0.4, 0.5) is 4.39 Å². The van der Waals surface area contributed by atoms with Gasteiger partial charge in [-0.3, -0.25) is 9.89 Å². The third-order valence-corrected chi connectivity index (χ3v) is 6.19. The predicted molar refractivity (Wildman–Crippen MR) is 124 cm³/mol. The number of aromatic nitrogens is 3. The Bertz CT molecular complexity index is 1350. The number of piperazine rings is 1. The number of aromatic amines is 1. The van der Waals surface area contributed by atoms with Gasteiger partial charge in [-0.1, -0.05) is 12.1 Å². The largest absolute Gasteiger partial charge is 0.508 e. The van der Waals surface area contributed by atoms with E-state index in [2.05, 4.69) is 15.5 Å². The van der Waals surface area contributed by atoms with Gasteiger partial charge in [0.05, 0.1) is 28.4 Å². The topological polar surface area (TPSA) is 94.1 Å². The van der Waals surface area contributed by atoms with Crippen LogP contribution in [0.25, 0.3) is 22.3 Å². The molecule has 7 nitrogen and oxygen atoms in total. The van der Waals surface area contributed by atoms with Gasteiger partial charge in [0.1, 0.15) is 11.6 Å². The van der Waals surface area contributed by atoms with Gasteiger partial charge in [0.15, 0.2) is 5.65 Å². The van der Waals surface area contributed by atoms with Gasteiger partial charge in [-0.25, -0.2) is 9.37 Å². The average molecular weight is 445 g/mol. The van der Waals surface area contributed by atoms with Gasteiger partial charge in [0.2, 0.25) is 0 Å². The first-order valence-corrected chi connectivity index (χ1v) is 10.8. The summed E-state index contributed by atoms with van der Waals surface area (Å²) in [7, 11) is 0. The summed E-state index contributed by atoms with van der Waals surface area (Å²) in [5.41, 5.74) is 4.93. The molecule has 4 aromatic rings. The summed E-state index contributed by atoms with van der Waals surface area (Å²) < 4.78 is 13.5. The number of aryl methyl sites for hydroxylation is 2. The van der Waals surface area contributed by atoms with E-state index >= 15 is 0 Å². The molecule has 1 saturated heterocycles. The highest BCUT2D eigenvalue weighted by Crippen LogP contribution is 2.32. The van der Waals surface area contributed by atoms with Crippen molar-refractivity contribution in [3.05, 3.63) is 76.7 Å². The molecule has 3 N–H and O–H groups in total. The molecule has 0 bridgehead atoms. The minimum absolute atomic E-state index is 0.125. The number of benzene rings is 2. The molecule has 0 aliphatic carbocycles. The van der Waals surface area contributed by atoms with Gasteiger partial charge in [-0.05, 0) is 61.4 Å². The highest BCUT2D eigenvalue weighted by atomic mass is 19.1. The number of rotatable bonds is 3. The number of nitrogens with zero attached hydrogens (tertiary/aromatic N) is 3. The van der Waals surface area contributed by atoms with Crippen LogP contribution < -0.4 is 5.32 Å². The van der Waals surface area contributed by atoms with Crippen molar-refractivity contribution in [1.82, 2.24) is 25.4 Å². The number of hydrogen-bond donors (Lipinski definition) is 3. The van der Waals surface area contributed by atoms with E-state index in [1.54, 1.807) is 36.4 Å². The molecule has 168 valence electrons. The van der Waals surface area contributed by atoms with Crippen LogP contribution >= 0.6 is 0 Å². The SMILES string of the molecule is Cc1cc(O)ccc1-c1cc(C(=O)N2CCNCC2c2ccc(F)cc2)c2c(C)n[nH]c2n1. The fraction of sp³-hybridized carbons (Fsp3) is 0.240. The van der Waals surface area contributed by atoms with E-state index in [4.69, 9.17) is 4.98 Å². The molecule has 1 unspecified atom stereocenters. The first kappa shape index (κ1) is 21.1. The van der Waals surface area contributed by atoms with Crippen LogP contribution in [0.5, 0.6) is 5.75 Å². The zero-order valence-corrected chi connectivity index (χ0v) is 18.4. The van der Waals surface area contributed by atoms with E-state index in [0.29, 0.717) is 47.6 Å². The van der Waals surface area contributed by atoms with Gasteiger partial charge >= 0.3 is 0 Å². The van der Waals surface area contributed by atoms with Crippen LogP contribution in [0.3, 0.4) is 0 Å². The Labute approximate surface area is 190 Å². The summed E-state index contributed by atoms with van der Waals surface area (Å²) in [4.78, 5) is 20.5. The Hall–Kier alpha value is -3.78. The maximum atomic E-state index is 14.0. The first-order chi connectivity index (χ1) is 15.9. The molecule has 1 amide bonds. The number of phenols is 1. The van der Waals surface area contributed by atoms with E-state index in [1.165, 1.54) is 12.1 Å². The summed E-state index contributed by atoms with van der Waals surface area (Å²) in [6.45, 7) is 5.51. The summed E-state index contributed by atoms with van der Waals surface area (Å²) in [5.74, 6) is -0.256. The molecule has 1 atom stereocenters. The third kappa shape index (κ3) is 3.82. The van der Waals surface area contributed by atoms with E-state index in [0.717, 1.165) is 16.7 Å². The molecule has 5 rings (SSSR count). The standard InChI is InChI=1S/C25H24FN5O2/c1-14-11-18(32)7-8-19(14)21-12-20(23-15(2)29-30-24(23)28-21)25(33)31-10-9-27-13-22(31)16-3-5-17(26)6-4-16/h3-8,11-12,22,27,32H,9-10,13H2,1-2H3,(H,28,29,30). The molecule has 0 saturated carbocycles. The highest BCUT2D eigenvalue weighted by molar-refractivity contribution is 6.07. The van der Waals surface area contributed by atoms with Crippen LogP contribution in [0.15, 0.2) is 48.5 Å². The Kier molecular flexibility index (Phi) is 5.30. The molecular weight excluding hydrogens is 421 g/mol. The van der Waals surface area contributed by atoms with Crippen LogP contribution in [0.1, 0.15) is 33.2 Å². The maximum absolute atomic E-state index is 14.0. The number of nitrogens with one attached hydrogen (secondary N) is 2. The molecule has 0 radical (unpaired) electrons. The third-order valence-electron chi connectivity index (χ3n) is 6.19. The number of amides is 1. The molecule has 0 spiro atoms. The lowest BCUT2D eigenvalue weighted by molar-refractivity contribution is 0.0636. The average Bonchev–Trinajstić information content (AvgIpc) is 3.19. The van der Waals surface area contributed by atoms with Crippen molar-refractivity contribution in [2.75, 3.05) is 19.6 Å². The Balaban J connectivity index is 1.62. The second-order valence-corrected chi connectivity index (χ2v) is 8.36. The van der Waals surface area contributed by atoms with Crippen molar-refractivity contribution in [2.45, 2.75) is 19.9 Å². The van der Waals surface area contributed by atoms with Crippen molar-refractivity contribution in [3.8, 4) is 17.0 Å². The van der Waals surface area contributed by atoms with E-state index in [-0.39, 0.29) is 23.5 Å². The van der Waals surface area contributed by atoms with Gasteiger partial charge in [0, 0.05) is 25.2 Å².